The Bertz CT molecular complexity index is 1270. The normalized spacial score (nSPS) is 12.4. The molecule has 2 atom stereocenters. The van der Waals surface area contributed by atoms with Crippen molar-refractivity contribution in [2.24, 2.45) is 5.73 Å². The fraction of sp³-hybridized carbons (Fsp3) is 0.355. The summed E-state index contributed by atoms with van der Waals surface area (Å²) in [4.78, 5) is 19.3. The van der Waals surface area contributed by atoms with Crippen molar-refractivity contribution in [2.75, 3.05) is 6.54 Å². The molecular weight excluding hydrogens is 484 g/mol. The van der Waals surface area contributed by atoms with Gasteiger partial charge in [-0.25, -0.2) is 8.78 Å². The first-order valence-corrected chi connectivity index (χ1v) is 13.0. The van der Waals surface area contributed by atoms with E-state index in [1.54, 1.807) is 12.3 Å². The second-order valence-corrected chi connectivity index (χ2v) is 9.44. The van der Waals surface area contributed by atoms with Crippen LogP contribution in [0.3, 0.4) is 0 Å². The van der Waals surface area contributed by atoms with Crippen LogP contribution in [-0.2, 0) is 19.4 Å². The number of pyridine rings is 1. The highest BCUT2D eigenvalue weighted by Gasteiger charge is 2.24. The van der Waals surface area contributed by atoms with Crippen molar-refractivity contribution in [2.45, 2.75) is 64.6 Å². The summed E-state index contributed by atoms with van der Waals surface area (Å²) in [5.74, 6) is 4.43. The standard InChI is InChI=1S/C31H35F2N3O2/c1-3-5-6-7-9-23-13-26(19-35-18-23)31(38)36(20-24-11-8-10-22(4-2)12-24)21-30(37)29(34)16-25-14-27(32)17-28(33)15-25/h8,10-15,17-19,29-30,37H,3-6,16,20-21,34H2,1-2H3. The molecule has 3 aromatic rings. The first-order chi connectivity index (χ1) is 18.3. The van der Waals surface area contributed by atoms with E-state index in [4.69, 9.17) is 5.73 Å². The van der Waals surface area contributed by atoms with Gasteiger partial charge >= 0.3 is 0 Å². The molecule has 0 saturated carbocycles. The minimum Gasteiger partial charge on any atom is -0.390 e. The third kappa shape index (κ3) is 8.76. The second-order valence-electron chi connectivity index (χ2n) is 9.44. The summed E-state index contributed by atoms with van der Waals surface area (Å²) >= 11 is 0. The summed E-state index contributed by atoms with van der Waals surface area (Å²) in [5.41, 5.74) is 9.59. The molecule has 0 aliphatic heterocycles. The van der Waals surface area contributed by atoms with Crippen LogP contribution < -0.4 is 5.73 Å². The van der Waals surface area contributed by atoms with Crippen LogP contribution in [-0.4, -0.2) is 39.6 Å². The summed E-state index contributed by atoms with van der Waals surface area (Å²) in [6.07, 6.45) is 5.70. The lowest BCUT2D eigenvalue weighted by atomic mass is 10.0. The zero-order chi connectivity index (χ0) is 27.5. The summed E-state index contributed by atoms with van der Waals surface area (Å²) in [7, 11) is 0. The van der Waals surface area contributed by atoms with Crippen molar-refractivity contribution in [1.29, 1.82) is 0 Å². The predicted molar refractivity (Wildman–Crippen MR) is 145 cm³/mol. The lowest BCUT2D eigenvalue weighted by Crippen LogP contribution is -2.46. The van der Waals surface area contributed by atoms with E-state index < -0.39 is 23.8 Å². The lowest BCUT2D eigenvalue weighted by Gasteiger charge is -2.28. The maximum Gasteiger partial charge on any atom is 0.255 e. The van der Waals surface area contributed by atoms with E-state index >= 15 is 0 Å². The van der Waals surface area contributed by atoms with Crippen LogP contribution in [0.1, 0.15) is 65.7 Å². The van der Waals surface area contributed by atoms with Crippen LogP contribution in [0.2, 0.25) is 0 Å². The topological polar surface area (TPSA) is 79.5 Å². The number of nitrogens with zero attached hydrogens (tertiary/aromatic N) is 2. The Balaban J connectivity index is 1.82. The third-order valence-electron chi connectivity index (χ3n) is 6.23. The number of rotatable bonds is 11. The molecule has 0 aliphatic carbocycles. The number of benzene rings is 2. The van der Waals surface area contributed by atoms with E-state index in [0.29, 0.717) is 16.7 Å². The van der Waals surface area contributed by atoms with Gasteiger partial charge in [-0.2, -0.15) is 0 Å². The Labute approximate surface area is 223 Å². The largest absolute Gasteiger partial charge is 0.390 e. The highest BCUT2D eigenvalue weighted by molar-refractivity contribution is 5.94. The Morgan fingerprint density at radius 2 is 1.79 bits per heavy atom. The number of unbranched alkanes of at least 4 members (excludes halogenated alkanes) is 2. The molecule has 0 radical (unpaired) electrons. The number of amides is 1. The number of aromatic nitrogens is 1. The maximum absolute atomic E-state index is 13.6. The van der Waals surface area contributed by atoms with Gasteiger partial charge in [0.1, 0.15) is 11.6 Å². The Hall–Kier alpha value is -3.60. The number of hydrogen-bond acceptors (Lipinski definition) is 4. The van der Waals surface area contributed by atoms with E-state index in [9.17, 15) is 18.7 Å². The zero-order valence-electron chi connectivity index (χ0n) is 22.0. The number of aliphatic hydroxyl groups is 1. The molecule has 5 nitrogen and oxygen atoms in total. The van der Waals surface area contributed by atoms with Gasteiger partial charge in [0, 0.05) is 49.6 Å². The quantitative estimate of drug-likeness (QED) is 0.275. The number of carbonyl (C=O) groups excluding carboxylic acids is 1. The molecule has 0 bridgehead atoms. The molecule has 0 aliphatic rings. The molecule has 0 saturated heterocycles. The number of carbonyl (C=O) groups is 1. The average Bonchev–Trinajstić information content (AvgIpc) is 2.90. The third-order valence-corrected chi connectivity index (χ3v) is 6.23. The van der Waals surface area contributed by atoms with Gasteiger partial charge in [0.05, 0.1) is 11.7 Å². The Kier molecular flexibility index (Phi) is 11.0. The SMILES string of the molecule is CCCCC#Cc1cncc(C(=O)N(Cc2cccc(CC)c2)CC(O)C(N)Cc2cc(F)cc(F)c2)c1. The highest BCUT2D eigenvalue weighted by atomic mass is 19.1. The van der Waals surface area contributed by atoms with Gasteiger partial charge in [0.15, 0.2) is 0 Å². The number of hydrogen-bond donors (Lipinski definition) is 2. The van der Waals surface area contributed by atoms with Crippen molar-refractivity contribution in [3.63, 3.8) is 0 Å². The number of aliphatic hydroxyl groups excluding tert-OH is 1. The maximum atomic E-state index is 13.6. The Morgan fingerprint density at radius 3 is 2.50 bits per heavy atom. The van der Waals surface area contributed by atoms with Gasteiger partial charge in [0.25, 0.3) is 5.91 Å². The molecule has 1 aromatic heterocycles. The van der Waals surface area contributed by atoms with Crippen LogP contribution in [0.4, 0.5) is 8.78 Å². The van der Waals surface area contributed by atoms with Gasteiger partial charge in [0.2, 0.25) is 0 Å². The smallest absolute Gasteiger partial charge is 0.255 e. The predicted octanol–water partition coefficient (Wildman–Crippen LogP) is 5.04. The van der Waals surface area contributed by atoms with Crippen molar-refractivity contribution < 1.29 is 18.7 Å². The van der Waals surface area contributed by atoms with Gasteiger partial charge in [-0.05, 0) is 54.2 Å². The van der Waals surface area contributed by atoms with Gasteiger partial charge in [-0.3, -0.25) is 9.78 Å². The Morgan fingerprint density at radius 1 is 1.05 bits per heavy atom. The van der Waals surface area contributed by atoms with Crippen LogP contribution in [0.15, 0.2) is 60.9 Å². The zero-order valence-corrected chi connectivity index (χ0v) is 22.0. The van der Waals surface area contributed by atoms with E-state index in [1.807, 2.05) is 24.3 Å². The molecule has 2 unspecified atom stereocenters. The highest BCUT2D eigenvalue weighted by Crippen LogP contribution is 2.16. The van der Waals surface area contributed by atoms with Crippen molar-refractivity contribution in [3.05, 3.63) is 100 Å². The summed E-state index contributed by atoms with van der Waals surface area (Å²) in [5, 5.41) is 10.9. The first kappa shape index (κ1) is 29.0. The molecule has 0 fully saturated rings. The van der Waals surface area contributed by atoms with E-state index in [1.165, 1.54) is 23.2 Å². The van der Waals surface area contributed by atoms with Crippen LogP contribution in [0.25, 0.3) is 0 Å². The van der Waals surface area contributed by atoms with Crippen molar-refractivity contribution in [3.8, 4) is 11.8 Å². The molecule has 7 heteroatoms. The minimum atomic E-state index is -1.13. The van der Waals surface area contributed by atoms with Gasteiger partial charge < -0.3 is 15.7 Å². The first-order valence-electron chi connectivity index (χ1n) is 13.0. The second kappa shape index (κ2) is 14.4. The van der Waals surface area contributed by atoms with Gasteiger partial charge in [-0.1, -0.05) is 56.4 Å². The average molecular weight is 520 g/mol. The van der Waals surface area contributed by atoms with Crippen LogP contribution in [0, 0.1) is 23.5 Å². The number of nitrogens with two attached hydrogens (primary N) is 1. The summed E-state index contributed by atoms with van der Waals surface area (Å²) in [6, 6.07) is 11.9. The molecule has 200 valence electrons. The van der Waals surface area contributed by atoms with Crippen molar-refractivity contribution >= 4 is 5.91 Å². The summed E-state index contributed by atoms with van der Waals surface area (Å²) < 4.78 is 27.2. The molecule has 0 spiro atoms. The van der Waals surface area contributed by atoms with Crippen LogP contribution in [0.5, 0.6) is 0 Å². The lowest BCUT2D eigenvalue weighted by molar-refractivity contribution is 0.0554. The van der Waals surface area contributed by atoms with Crippen molar-refractivity contribution in [1.82, 2.24) is 9.88 Å². The molecule has 1 amide bonds. The molecule has 2 aromatic carbocycles. The monoisotopic (exact) mass is 519 g/mol. The molecular formula is C31H35F2N3O2. The number of aryl methyl sites for hydroxylation is 1. The molecule has 38 heavy (non-hydrogen) atoms. The fourth-order valence-corrected chi connectivity index (χ4v) is 4.12. The molecule has 1 heterocycles. The minimum absolute atomic E-state index is 0.0492. The van der Waals surface area contributed by atoms with E-state index in [0.717, 1.165) is 42.9 Å². The van der Waals surface area contributed by atoms with E-state index in [2.05, 4.69) is 30.7 Å². The number of halogens is 2. The molecule has 3 rings (SSSR count). The van der Waals surface area contributed by atoms with Gasteiger partial charge in [-0.15, -0.1) is 0 Å². The van der Waals surface area contributed by atoms with E-state index in [-0.39, 0.29) is 25.4 Å². The van der Waals surface area contributed by atoms with Crippen LogP contribution >= 0.6 is 0 Å². The molecule has 3 N–H and O–H groups in total. The summed E-state index contributed by atoms with van der Waals surface area (Å²) in [6.45, 7) is 4.33. The fourth-order valence-electron chi connectivity index (χ4n) is 4.12.